The number of guanidine groups is 1. The lowest BCUT2D eigenvalue weighted by atomic mass is 10.4. The minimum Gasteiger partial charge on any atom is -0.467 e. The number of rotatable bonds is 2. The quantitative estimate of drug-likeness (QED) is 0.406. The van der Waals surface area contributed by atoms with Gasteiger partial charge < -0.3 is 15.5 Å². The number of furan rings is 1. The Kier molecular flexibility index (Phi) is 1.94. The monoisotopic (exact) mass is 139 g/mol. The van der Waals surface area contributed by atoms with Crippen molar-refractivity contribution in [1.29, 1.82) is 5.41 Å². The summed E-state index contributed by atoms with van der Waals surface area (Å²) in [5.41, 5.74) is 5.04. The second-order valence-electron chi connectivity index (χ2n) is 1.85. The lowest BCUT2D eigenvalue weighted by Gasteiger charge is -1.98. The maximum atomic E-state index is 6.82. The summed E-state index contributed by atoms with van der Waals surface area (Å²) in [7, 11) is 0. The smallest absolute Gasteiger partial charge is 0.186 e. The molecule has 4 N–H and O–H groups in total. The molecule has 0 aliphatic heterocycles. The Hall–Kier alpha value is -1.45. The Bertz CT molecular complexity index is 205. The van der Waals surface area contributed by atoms with E-state index in [1.165, 1.54) is 0 Å². The summed E-state index contributed by atoms with van der Waals surface area (Å²) in [5, 5.41) is 9.44. The van der Waals surface area contributed by atoms with Gasteiger partial charge in [-0.1, -0.05) is 0 Å². The van der Waals surface area contributed by atoms with E-state index in [0.29, 0.717) is 6.54 Å². The molecule has 0 atom stereocenters. The van der Waals surface area contributed by atoms with E-state index in [9.17, 15) is 0 Å². The molecule has 1 heterocycles. The Balaban J connectivity index is 2.35. The molecule has 10 heavy (non-hydrogen) atoms. The van der Waals surface area contributed by atoms with E-state index in [2.05, 4.69) is 5.32 Å². The van der Waals surface area contributed by atoms with E-state index >= 15 is 0 Å². The zero-order chi connectivity index (χ0) is 7.40. The third-order valence-corrected chi connectivity index (χ3v) is 1.03. The zero-order valence-corrected chi connectivity index (χ0v) is 5.42. The average molecular weight is 139 g/mol. The summed E-state index contributed by atoms with van der Waals surface area (Å²) in [6, 6.07) is 3.60. The van der Waals surface area contributed by atoms with E-state index in [1.54, 1.807) is 12.3 Å². The summed E-state index contributed by atoms with van der Waals surface area (Å²) in [5.74, 6) is 0.728. The van der Waals surface area contributed by atoms with Crippen LogP contribution >= 0.6 is 0 Å². The van der Waals surface area contributed by atoms with Gasteiger partial charge in [0.05, 0.1) is 12.8 Å². The highest BCUT2D eigenvalue weighted by atomic mass is 16.3. The maximum absolute atomic E-state index is 6.82. The molecule has 0 amide bonds. The number of hydrogen-bond donors (Lipinski definition) is 3. The van der Waals surface area contributed by atoms with Crippen molar-refractivity contribution in [2.75, 3.05) is 0 Å². The van der Waals surface area contributed by atoms with Gasteiger partial charge in [0.25, 0.3) is 0 Å². The minimum absolute atomic E-state index is 0.0450. The van der Waals surface area contributed by atoms with Crippen LogP contribution in [0, 0.1) is 5.41 Å². The van der Waals surface area contributed by atoms with Gasteiger partial charge in [-0.3, -0.25) is 5.41 Å². The third kappa shape index (κ3) is 1.81. The Morgan fingerprint density at radius 3 is 3.10 bits per heavy atom. The number of nitrogens with one attached hydrogen (secondary N) is 2. The van der Waals surface area contributed by atoms with Crippen molar-refractivity contribution in [2.24, 2.45) is 5.73 Å². The molecule has 1 aromatic rings. The second kappa shape index (κ2) is 2.91. The summed E-state index contributed by atoms with van der Waals surface area (Å²) in [6.45, 7) is 0.475. The predicted octanol–water partition coefficient (Wildman–Crippen LogP) is 0.263. The van der Waals surface area contributed by atoms with E-state index in [4.69, 9.17) is 15.6 Å². The molecule has 0 unspecified atom stereocenters. The molecule has 0 radical (unpaired) electrons. The van der Waals surface area contributed by atoms with Crippen molar-refractivity contribution >= 4 is 5.96 Å². The summed E-state index contributed by atoms with van der Waals surface area (Å²) in [6.07, 6.45) is 1.58. The molecule has 0 aliphatic carbocycles. The van der Waals surface area contributed by atoms with Crippen molar-refractivity contribution in [3.63, 3.8) is 0 Å². The molecule has 0 saturated heterocycles. The van der Waals surface area contributed by atoms with Crippen molar-refractivity contribution < 1.29 is 4.42 Å². The van der Waals surface area contributed by atoms with Gasteiger partial charge in [0, 0.05) is 0 Å². The highest BCUT2D eigenvalue weighted by Crippen LogP contribution is 1.97. The molecule has 4 nitrogen and oxygen atoms in total. The number of hydrogen-bond acceptors (Lipinski definition) is 2. The number of nitrogens with two attached hydrogens (primary N) is 1. The van der Waals surface area contributed by atoms with Gasteiger partial charge in [-0.25, -0.2) is 0 Å². The summed E-state index contributed by atoms with van der Waals surface area (Å²) >= 11 is 0. The van der Waals surface area contributed by atoms with Crippen LogP contribution < -0.4 is 11.1 Å². The normalized spacial score (nSPS) is 9.20. The summed E-state index contributed by atoms with van der Waals surface area (Å²) in [4.78, 5) is 0. The largest absolute Gasteiger partial charge is 0.467 e. The van der Waals surface area contributed by atoms with Gasteiger partial charge in [-0.2, -0.15) is 0 Å². The van der Waals surface area contributed by atoms with Gasteiger partial charge >= 0.3 is 0 Å². The van der Waals surface area contributed by atoms with Gasteiger partial charge in [0.15, 0.2) is 5.96 Å². The van der Waals surface area contributed by atoms with Crippen LogP contribution in [-0.2, 0) is 6.54 Å². The molecule has 1 aromatic heterocycles. The fourth-order valence-electron chi connectivity index (χ4n) is 0.596. The highest BCUT2D eigenvalue weighted by molar-refractivity contribution is 5.74. The van der Waals surface area contributed by atoms with Crippen LogP contribution in [0.25, 0.3) is 0 Å². The minimum atomic E-state index is -0.0450. The Morgan fingerprint density at radius 1 is 1.80 bits per heavy atom. The zero-order valence-electron chi connectivity index (χ0n) is 5.42. The van der Waals surface area contributed by atoms with Gasteiger partial charge in [-0.15, -0.1) is 0 Å². The van der Waals surface area contributed by atoms with Crippen molar-refractivity contribution in [3.8, 4) is 0 Å². The standard InChI is InChI=1S/C6H9N3O/c7-6(8)9-4-5-2-1-3-10-5/h1-3H,4H2,(H4,7,8,9). The maximum Gasteiger partial charge on any atom is 0.186 e. The molecular formula is C6H9N3O. The van der Waals surface area contributed by atoms with Gasteiger partial charge in [-0.05, 0) is 12.1 Å². The predicted molar refractivity (Wildman–Crippen MR) is 37.5 cm³/mol. The Labute approximate surface area is 58.5 Å². The van der Waals surface area contributed by atoms with Crippen LogP contribution in [0.4, 0.5) is 0 Å². The summed E-state index contributed by atoms with van der Waals surface area (Å²) < 4.78 is 4.97. The molecule has 0 aliphatic rings. The first kappa shape index (κ1) is 6.67. The molecule has 0 saturated carbocycles. The first-order valence-electron chi connectivity index (χ1n) is 2.89. The van der Waals surface area contributed by atoms with E-state index in [1.807, 2.05) is 6.07 Å². The Morgan fingerprint density at radius 2 is 2.60 bits per heavy atom. The third-order valence-electron chi connectivity index (χ3n) is 1.03. The molecule has 0 fully saturated rings. The molecule has 0 spiro atoms. The molecule has 1 rings (SSSR count). The molecule has 0 aromatic carbocycles. The fourth-order valence-corrected chi connectivity index (χ4v) is 0.596. The lowest BCUT2D eigenvalue weighted by molar-refractivity contribution is 0.502. The van der Waals surface area contributed by atoms with Crippen molar-refractivity contribution in [1.82, 2.24) is 5.32 Å². The fraction of sp³-hybridized carbons (Fsp3) is 0.167. The van der Waals surface area contributed by atoms with Crippen LogP contribution in [0.15, 0.2) is 22.8 Å². The van der Waals surface area contributed by atoms with Gasteiger partial charge in [0.1, 0.15) is 5.76 Å². The SMILES string of the molecule is N=C(N)NCc1ccco1. The van der Waals surface area contributed by atoms with Crippen molar-refractivity contribution in [3.05, 3.63) is 24.2 Å². The van der Waals surface area contributed by atoms with Crippen LogP contribution in [0.1, 0.15) is 5.76 Å². The first-order valence-corrected chi connectivity index (χ1v) is 2.89. The van der Waals surface area contributed by atoms with E-state index in [-0.39, 0.29) is 5.96 Å². The average Bonchev–Trinajstić information content (AvgIpc) is 2.34. The van der Waals surface area contributed by atoms with Crippen molar-refractivity contribution in [2.45, 2.75) is 6.54 Å². The topological polar surface area (TPSA) is 75.0 Å². The second-order valence-corrected chi connectivity index (χ2v) is 1.85. The van der Waals surface area contributed by atoms with Crippen LogP contribution in [0.2, 0.25) is 0 Å². The first-order chi connectivity index (χ1) is 4.79. The highest BCUT2D eigenvalue weighted by Gasteiger charge is 1.92. The molecular weight excluding hydrogens is 130 g/mol. The molecule has 54 valence electrons. The van der Waals surface area contributed by atoms with Crippen LogP contribution in [0.3, 0.4) is 0 Å². The lowest BCUT2D eigenvalue weighted by Crippen LogP contribution is -2.29. The van der Waals surface area contributed by atoms with E-state index < -0.39 is 0 Å². The van der Waals surface area contributed by atoms with E-state index in [0.717, 1.165) is 5.76 Å². The van der Waals surface area contributed by atoms with Gasteiger partial charge in [0.2, 0.25) is 0 Å². The molecule has 0 bridgehead atoms. The van der Waals surface area contributed by atoms with Crippen LogP contribution in [0.5, 0.6) is 0 Å². The molecule has 4 heteroatoms. The van der Waals surface area contributed by atoms with Crippen LogP contribution in [-0.4, -0.2) is 5.96 Å².